The standard InChI is InChI=1S/C15H32N2O/c1-6-8-11-17(12-9-10-16-7-2)14(18)13-15(3,4)5/h16H,6-13H2,1-5H3. The first-order valence-corrected chi connectivity index (χ1v) is 7.39. The molecule has 3 nitrogen and oxygen atoms in total. The van der Waals surface area contributed by atoms with Crippen molar-refractivity contribution in [1.82, 2.24) is 10.2 Å². The summed E-state index contributed by atoms with van der Waals surface area (Å²) in [6, 6.07) is 0. The minimum Gasteiger partial charge on any atom is -0.343 e. The molecule has 0 fully saturated rings. The molecule has 1 N–H and O–H groups in total. The van der Waals surface area contributed by atoms with Gasteiger partial charge in [-0.05, 0) is 31.3 Å². The van der Waals surface area contributed by atoms with E-state index < -0.39 is 0 Å². The molecule has 0 aliphatic rings. The van der Waals surface area contributed by atoms with E-state index in [9.17, 15) is 4.79 Å². The third-order valence-electron chi connectivity index (χ3n) is 2.85. The monoisotopic (exact) mass is 256 g/mol. The molecule has 0 atom stereocenters. The van der Waals surface area contributed by atoms with Gasteiger partial charge in [0.25, 0.3) is 0 Å². The number of carbonyl (C=O) groups excluding carboxylic acids is 1. The van der Waals surface area contributed by atoms with Crippen LogP contribution >= 0.6 is 0 Å². The first-order valence-electron chi connectivity index (χ1n) is 7.39. The van der Waals surface area contributed by atoms with E-state index in [4.69, 9.17) is 0 Å². The van der Waals surface area contributed by atoms with Crippen molar-refractivity contribution in [3.05, 3.63) is 0 Å². The van der Waals surface area contributed by atoms with Crippen molar-refractivity contribution in [3.63, 3.8) is 0 Å². The Morgan fingerprint density at radius 1 is 1.11 bits per heavy atom. The van der Waals surface area contributed by atoms with Gasteiger partial charge in [0.15, 0.2) is 0 Å². The maximum atomic E-state index is 12.2. The fourth-order valence-electron chi connectivity index (χ4n) is 1.85. The SMILES string of the molecule is CCCCN(CCCNCC)C(=O)CC(C)(C)C. The third kappa shape index (κ3) is 9.46. The van der Waals surface area contributed by atoms with E-state index in [1.54, 1.807) is 0 Å². The number of hydrogen-bond acceptors (Lipinski definition) is 2. The van der Waals surface area contributed by atoms with E-state index in [-0.39, 0.29) is 5.41 Å². The molecule has 0 heterocycles. The number of nitrogens with one attached hydrogen (secondary N) is 1. The zero-order valence-electron chi connectivity index (χ0n) is 13.0. The largest absolute Gasteiger partial charge is 0.343 e. The summed E-state index contributed by atoms with van der Waals surface area (Å²) in [5.41, 5.74) is 0.0865. The molecule has 0 aliphatic carbocycles. The molecule has 0 spiro atoms. The van der Waals surface area contributed by atoms with Crippen LogP contribution in [0.4, 0.5) is 0 Å². The van der Waals surface area contributed by atoms with Crippen LogP contribution in [0.2, 0.25) is 0 Å². The van der Waals surface area contributed by atoms with Gasteiger partial charge in [0, 0.05) is 19.5 Å². The maximum absolute atomic E-state index is 12.2. The lowest BCUT2D eigenvalue weighted by molar-refractivity contribution is -0.133. The molecule has 0 bridgehead atoms. The van der Waals surface area contributed by atoms with Crippen molar-refractivity contribution in [3.8, 4) is 0 Å². The molecule has 1 amide bonds. The van der Waals surface area contributed by atoms with E-state index in [1.165, 1.54) is 0 Å². The Morgan fingerprint density at radius 3 is 2.22 bits per heavy atom. The Hall–Kier alpha value is -0.570. The van der Waals surface area contributed by atoms with Gasteiger partial charge in [0.05, 0.1) is 0 Å². The van der Waals surface area contributed by atoms with E-state index in [0.717, 1.165) is 45.4 Å². The molecule has 0 aliphatic heterocycles. The van der Waals surface area contributed by atoms with Crippen LogP contribution in [0.3, 0.4) is 0 Å². The van der Waals surface area contributed by atoms with Gasteiger partial charge in [-0.15, -0.1) is 0 Å². The van der Waals surface area contributed by atoms with Crippen molar-refractivity contribution >= 4 is 5.91 Å². The van der Waals surface area contributed by atoms with Gasteiger partial charge < -0.3 is 10.2 Å². The van der Waals surface area contributed by atoms with Gasteiger partial charge in [0.2, 0.25) is 5.91 Å². The number of carbonyl (C=O) groups is 1. The Bertz CT molecular complexity index is 221. The first kappa shape index (κ1) is 17.4. The number of hydrogen-bond donors (Lipinski definition) is 1. The highest BCUT2D eigenvalue weighted by Gasteiger charge is 2.20. The van der Waals surface area contributed by atoms with Crippen LogP contribution in [-0.4, -0.2) is 37.0 Å². The van der Waals surface area contributed by atoms with Crippen LogP contribution in [0.5, 0.6) is 0 Å². The molecule has 18 heavy (non-hydrogen) atoms. The van der Waals surface area contributed by atoms with E-state index in [1.807, 2.05) is 4.90 Å². The third-order valence-corrected chi connectivity index (χ3v) is 2.85. The fraction of sp³-hybridized carbons (Fsp3) is 0.933. The highest BCUT2D eigenvalue weighted by Crippen LogP contribution is 2.20. The van der Waals surface area contributed by atoms with Crippen molar-refractivity contribution in [1.29, 1.82) is 0 Å². The summed E-state index contributed by atoms with van der Waals surface area (Å²) in [6.07, 6.45) is 3.95. The van der Waals surface area contributed by atoms with Crippen molar-refractivity contribution in [2.75, 3.05) is 26.2 Å². The summed E-state index contributed by atoms with van der Waals surface area (Å²) in [5, 5.41) is 3.31. The summed E-state index contributed by atoms with van der Waals surface area (Å²) in [5.74, 6) is 0.312. The Labute approximate surface area is 113 Å². The van der Waals surface area contributed by atoms with Crippen LogP contribution in [0.25, 0.3) is 0 Å². The van der Waals surface area contributed by atoms with E-state index in [2.05, 4.69) is 39.9 Å². The molecule has 0 unspecified atom stereocenters. The maximum Gasteiger partial charge on any atom is 0.223 e. The average Bonchev–Trinajstić information content (AvgIpc) is 2.25. The molecule has 0 saturated heterocycles. The Kier molecular flexibility index (Phi) is 9.08. The van der Waals surface area contributed by atoms with E-state index in [0.29, 0.717) is 12.3 Å². The number of amides is 1. The summed E-state index contributed by atoms with van der Waals surface area (Å²) < 4.78 is 0. The van der Waals surface area contributed by atoms with Gasteiger partial charge in [-0.3, -0.25) is 4.79 Å². The van der Waals surface area contributed by atoms with Crippen molar-refractivity contribution < 1.29 is 4.79 Å². The molecule has 108 valence electrons. The zero-order valence-corrected chi connectivity index (χ0v) is 13.0. The van der Waals surface area contributed by atoms with Gasteiger partial charge in [-0.2, -0.15) is 0 Å². The minimum absolute atomic E-state index is 0.0865. The summed E-state index contributed by atoms with van der Waals surface area (Å²) in [4.78, 5) is 14.3. The quantitative estimate of drug-likeness (QED) is 0.643. The second-order valence-corrected chi connectivity index (χ2v) is 6.18. The predicted molar refractivity (Wildman–Crippen MR) is 78.7 cm³/mol. The molecule has 0 radical (unpaired) electrons. The van der Waals surface area contributed by atoms with Crippen LogP contribution in [0.15, 0.2) is 0 Å². The Morgan fingerprint density at radius 2 is 1.72 bits per heavy atom. The Balaban J connectivity index is 4.15. The van der Waals surface area contributed by atoms with Gasteiger partial charge in [0.1, 0.15) is 0 Å². The van der Waals surface area contributed by atoms with Crippen molar-refractivity contribution in [2.24, 2.45) is 5.41 Å². The smallest absolute Gasteiger partial charge is 0.223 e. The average molecular weight is 256 g/mol. The van der Waals surface area contributed by atoms with Crippen LogP contribution in [0.1, 0.15) is 60.3 Å². The predicted octanol–water partition coefficient (Wildman–Crippen LogP) is 3.05. The molecule has 3 heteroatoms. The van der Waals surface area contributed by atoms with Crippen LogP contribution in [-0.2, 0) is 4.79 Å². The molecule has 0 rings (SSSR count). The summed E-state index contributed by atoms with van der Waals surface area (Å²) in [6.45, 7) is 14.5. The van der Waals surface area contributed by atoms with Gasteiger partial charge in [-0.25, -0.2) is 0 Å². The van der Waals surface area contributed by atoms with E-state index >= 15 is 0 Å². The topological polar surface area (TPSA) is 32.3 Å². The molecule has 0 aromatic carbocycles. The molecule has 0 aromatic rings. The molecule has 0 aromatic heterocycles. The molecule has 0 saturated carbocycles. The number of nitrogens with zero attached hydrogens (tertiary/aromatic N) is 1. The van der Waals surface area contributed by atoms with Crippen molar-refractivity contribution in [2.45, 2.75) is 60.3 Å². The summed E-state index contributed by atoms with van der Waals surface area (Å²) >= 11 is 0. The molecular formula is C15H32N2O. The molecular weight excluding hydrogens is 224 g/mol. The minimum atomic E-state index is 0.0865. The zero-order chi connectivity index (χ0) is 14.0. The number of rotatable bonds is 9. The normalized spacial score (nSPS) is 11.6. The number of unbranched alkanes of at least 4 members (excludes halogenated alkanes) is 1. The second-order valence-electron chi connectivity index (χ2n) is 6.18. The van der Waals surface area contributed by atoms with Gasteiger partial charge >= 0.3 is 0 Å². The summed E-state index contributed by atoms with van der Waals surface area (Å²) in [7, 11) is 0. The van der Waals surface area contributed by atoms with Crippen LogP contribution < -0.4 is 5.32 Å². The lowest BCUT2D eigenvalue weighted by atomic mass is 9.91. The second kappa shape index (κ2) is 9.37. The fourth-order valence-corrected chi connectivity index (χ4v) is 1.85. The van der Waals surface area contributed by atoms with Gasteiger partial charge in [-0.1, -0.05) is 41.0 Å². The lowest BCUT2D eigenvalue weighted by Crippen LogP contribution is -2.36. The highest BCUT2D eigenvalue weighted by molar-refractivity contribution is 5.76. The lowest BCUT2D eigenvalue weighted by Gasteiger charge is -2.26. The first-order chi connectivity index (χ1) is 8.40. The van der Waals surface area contributed by atoms with Crippen LogP contribution in [0, 0.1) is 5.41 Å². The highest BCUT2D eigenvalue weighted by atomic mass is 16.2.